The topological polar surface area (TPSA) is 89.0 Å². The molecule has 0 aliphatic rings. The van der Waals surface area contributed by atoms with Gasteiger partial charge in [-0.25, -0.2) is 5.43 Å². The lowest BCUT2D eigenvalue weighted by Crippen LogP contribution is -2.20. The third-order valence-corrected chi connectivity index (χ3v) is 4.44. The standard InChI is InChI=1S/C25H23N3O4/c1-31-22-14-12-19(16-23(22)32-2)17-26-28-25(30)20-10-6-7-11-21(20)27-24(29)15-13-18-8-4-3-5-9-18/h3-17H,1-2H3,(H,27,29)(H,28,30)/b15-13+,26-17-. The molecule has 0 spiro atoms. The Hall–Kier alpha value is -4.39. The van der Waals surface area contributed by atoms with Crippen molar-refractivity contribution < 1.29 is 19.1 Å². The summed E-state index contributed by atoms with van der Waals surface area (Å²) in [6, 6.07) is 21.4. The second kappa shape index (κ2) is 11.1. The summed E-state index contributed by atoms with van der Waals surface area (Å²) in [4.78, 5) is 24.9. The van der Waals surface area contributed by atoms with Crippen LogP contribution in [-0.4, -0.2) is 32.2 Å². The number of para-hydroxylation sites is 1. The second-order valence-electron chi connectivity index (χ2n) is 6.59. The van der Waals surface area contributed by atoms with Crippen molar-refractivity contribution in [2.45, 2.75) is 0 Å². The van der Waals surface area contributed by atoms with Gasteiger partial charge in [-0.05, 0) is 47.5 Å². The first-order valence-corrected chi connectivity index (χ1v) is 9.79. The van der Waals surface area contributed by atoms with Crippen molar-refractivity contribution in [3.63, 3.8) is 0 Å². The van der Waals surface area contributed by atoms with Gasteiger partial charge in [0.25, 0.3) is 5.91 Å². The predicted molar refractivity (Wildman–Crippen MR) is 125 cm³/mol. The molecule has 0 aromatic heterocycles. The largest absolute Gasteiger partial charge is 0.493 e. The number of hydrogen-bond acceptors (Lipinski definition) is 5. The fourth-order valence-corrected chi connectivity index (χ4v) is 2.86. The molecule has 32 heavy (non-hydrogen) atoms. The summed E-state index contributed by atoms with van der Waals surface area (Å²) in [6.07, 6.45) is 4.61. The highest BCUT2D eigenvalue weighted by Gasteiger charge is 2.11. The maximum absolute atomic E-state index is 12.6. The Bertz CT molecular complexity index is 1140. The Morgan fingerprint density at radius 2 is 1.56 bits per heavy atom. The number of ether oxygens (including phenoxy) is 2. The van der Waals surface area contributed by atoms with Crippen LogP contribution in [0.1, 0.15) is 21.5 Å². The molecule has 0 saturated carbocycles. The van der Waals surface area contributed by atoms with E-state index in [0.717, 1.165) is 11.1 Å². The molecular formula is C25H23N3O4. The number of amides is 2. The van der Waals surface area contributed by atoms with E-state index in [1.54, 1.807) is 62.8 Å². The van der Waals surface area contributed by atoms with E-state index in [-0.39, 0.29) is 5.91 Å². The van der Waals surface area contributed by atoms with Crippen LogP contribution in [0.4, 0.5) is 5.69 Å². The molecule has 0 radical (unpaired) electrons. The SMILES string of the molecule is COc1ccc(/C=N\NC(=O)c2ccccc2NC(=O)/C=C/c2ccccc2)cc1OC. The zero-order chi connectivity index (χ0) is 22.8. The summed E-state index contributed by atoms with van der Waals surface area (Å²) in [5, 5.41) is 6.73. The number of rotatable bonds is 8. The maximum Gasteiger partial charge on any atom is 0.273 e. The Morgan fingerprint density at radius 1 is 0.844 bits per heavy atom. The van der Waals surface area contributed by atoms with Crippen LogP contribution in [-0.2, 0) is 4.79 Å². The highest BCUT2D eigenvalue weighted by molar-refractivity contribution is 6.07. The van der Waals surface area contributed by atoms with Gasteiger partial charge in [0.1, 0.15) is 0 Å². The summed E-state index contributed by atoms with van der Waals surface area (Å²) in [5.74, 6) is 0.353. The number of carbonyl (C=O) groups is 2. The number of carbonyl (C=O) groups excluding carboxylic acids is 2. The average molecular weight is 429 g/mol. The van der Waals surface area contributed by atoms with Gasteiger partial charge in [0.2, 0.25) is 5.91 Å². The highest BCUT2D eigenvalue weighted by atomic mass is 16.5. The molecule has 0 heterocycles. The molecule has 162 valence electrons. The van der Waals surface area contributed by atoms with E-state index in [2.05, 4.69) is 15.8 Å². The van der Waals surface area contributed by atoms with E-state index in [9.17, 15) is 9.59 Å². The third-order valence-electron chi connectivity index (χ3n) is 4.44. The minimum absolute atomic E-state index is 0.290. The Labute approximate surface area is 186 Å². The van der Waals surface area contributed by atoms with Crippen LogP contribution >= 0.6 is 0 Å². The molecule has 7 nitrogen and oxygen atoms in total. The van der Waals surface area contributed by atoms with Gasteiger partial charge < -0.3 is 14.8 Å². The molecule has 0 aliphatic carbocycles. The number of anilines is 1. The van der Waals surface area contributed by atoms with E-state index >= 15 is 0 Å². The van der Waals surface area contributed by atoms with Crippen LogP contribution in [0.2, 0.25) is 0 Å². The van der Waals surface area contributed by atoms with Crippen molar-refractivity contribution in [1.82, 2.24) is 5.43 Å². The minimum atomic E-state index is -0.454. The lowest BCUT2D eigenvalue weighted by atomic mass is 10.1. The molecule has 3 rings (SSSR count). The van der Waals surface area contributed by atoms with Crippen LogP contribution in [0.3, 0.4) is 0 Å². The average Bonchev–Trinajstić information content (AvgIpc) is 2.83. The zero-order valence-corrected chi connectivity index (χ0v) is 17.7. The van der Waals surface area contributed by atoms with Crippen molar-refractivity contribution >= 4 is 29.8 Å². The lowest BCUT2D eigenvalue weighted by Gasteiger charge is -2.09. The summed E-state index contributed by atoms with van der Waals surface area (Å²) < 4.78 is 10.5. The van der Waals surface area contributed by atoms with Gasteiger partial charge in [0.05, 0.1) is 31.7 Å². The fourth-order valence-electron chi connectivity index (χ4n) is 2.86. The maximum atomic E-state index is 12.6. The van der Waals surface area contributed by atoms with Crippen molar-refractivity contribution in [1.29, 1.82) is 0 Å². The third kappa shape index (κ3) is 6.06. The molecule has 0 aliphatic heterocycles. The Balaban J connectivity index is 1.65. The van der Waals surface area contributed by atoms with Gasteiger partial charge in [0, 0.05) is 6.08 Å². The van der Waals surface area contributed by atoms with E-state index in [0.29, 0.717) is 22.7 Å². The normalized spacial score (nSPS) is 10.8. The van der Waals surface area contributed by atoms with Crippen molar-refractivity contribution in [3.8, 4) is 11.5 Å². The first-order chi connectivity index (χ1) is 15.6. The molecule has 0 unspecified atom stereocenters. The van der Waals surface area contributed by atoms with Crippen molar-refractivity contribution in [2.24, 2.45) is 5.10 Å². The summed E-state index contributed by atoms with van der Waals surface area (Å²) in [5.41, 5.74) is 4.77. The van der Waals surface area contributed by atoms with Gasteiger partial charge in [-0.1, -0.05) is 42.5 Å². The van der Waals surface area contributed by atoms with Crippen molar-refractivity contribution in [2.75, 3.05) is 19.5 Å². The molecule has 2 N–H and O–H groups in total. The van der Waals surface area contributed by atoms with Gasteiger partial charge >= 0.3 is 0 Å². The number of hydrogen-bond donors (Lipinski definition) is 2. The Morgan fingerprint density at radius 3 is 2.31 bits per heavy atom. The van der Waals surface area contributed by atoms with Gasteiger partial charge in [0.15, 0.2) is 11.5 Å². The summed E-state index contributed by atoms with van der Waals surface area (Å²) in [7, 11) is 3.10. The van der Waals surface area contributed by atoms with Gasteiger partial charge in [-0.15, -0.1) is 0 Å². The number of hydrazone groups is 1. The molecule has 7 heteroatoms. The van der Waals surface area contributed by atoms with Crippen LogP contribution < -0.4 is 20.2 Å². The molecule has 3 aromatic carbocycles. The van der Waals surface area contributed by atoms with Crippen LogP contribution in [0.25, 0.3) is 6.08 Å². The summed E-state index contributed by atoms with van der Waals surface area (Å²) >= 11 is 0. The minimum Gasteiger partial charge on any atom is -0.493 e. The number of nitrogens with zero attached hydrogens (tertiary/aromatic N) is 1. The first-order valence-electron chi connectivity index (χ1n) is 9.79. The molecule has 0 fully saturated rings. The zero-order valence-electron chi connectivity index (χ0n) is 17.7. The fraction of sp³-hybridized carbons (Fsp3) is 0.0800. The molecule has 0 saturated heterocycles. The van der Waals surface area contributed by atoms with Gasteiger partial charge in [-0.2, -0.15) is 5.10 Å². The Kier molecular flexibility index (Phi) is 7.75. The smallest absolute Gasteiger partial charge is 0.273 e. The van der Waals surface area contributed by atoms with Crippen LogP contribution in [0.15, 0.2) is 84.0 Å². The molecular weight excluding hydrogens is 406 g/mol. The lowest BCUT2D eigenvalue weighted by molar-refractivity contribution is -0.111. The predicted octanol–water partition coefficient (Wildman–Crippen LogP) is 4.12. The number of nitrogens with one attached hydrogen (secondary N) is 2. The van der Waals surface area contributed by atoms with E-state index in [4.69, 9.17) is 9.47 Å². The quantitative estimate of drug-likeness (QED) is 0.320. The first kappa shape index (κ1) is 22.3. The summed E-state index contributed by atoms with van der Waals surface area (Å²) in [6.45, 7) is 0. The second-order valence-corrected chi connectivity index (χ2v) is 6.59. The van der Waals surface area contributed by atoms with E-state index in [1.165, 1.54) is 12.3 Å². The van der Waals surface area contributed by atoms with Crippen molar-refractivity contribution in [3.05, 3.63) is 95.6 Å². The monoisotopic (exact) mass is 429 g/mol. The molecule has 0 atom stereocenters. The molecule has 3 aromatic rings. The number of methoxy groups -OCH3 is 2. The van der Waals surface area contributed by atoms with E-state index < -0.39 is 5.91 Å². The van der Waals surface area contributed by atoms with Crippen LogP contribution in [0.5, 0.6) is 11.5 Å². The highest BCUT2D eigenvalue weighted by Crippen LogP contribution is 2.26. The van der Waals surface area contributed by atoms with Crippen LogP contribution in [0, 0.1) is 0 Å². The molecule has 0 bridgehead atoms. The molecule has 2 amide bonds. The van der Waals surface area contributed by atoms with E-state index in [1.807, 2.05) is 30.3 Å². The van der Waals surface area contributed by atoms with Gasteiger partial charge in [-0.3, -0.25) is 9.59 Å². The number of benzene rings is 3.